The highest BCUT2D eigenvalue weighted by Crippen LogP contribution is 2.36. The number of anilines is 2. The molecule has 0 radical (unpaired) electrons. The molecule has 31 heavy (non-hydrogen) atoms. The van der Waals surface area contributed by atoms with E-state index in [2.05, 4.69) is 10.2 Å². The molecule has 0 aromatic heterocycles. The summed E-state index contributed by atoms with van der Waals surface area (Å²) in [4.78, 5) is 16.5. The Morgan fingerprint density at radius 1 is 1.19 bits per heavy atom. The second-order valence-corrected chi connectivity index (χ2v) is 8.48. The molecule has 1 amide bonds. The fourth-order valence-corrected chi connectivity index (χ4v) is 4.59. The van der Waals surface area contributed by atoms with Gasteiger partial charge in [-0.3, -0.25) is 4.79 Å². The van der Waals surface area contributed by atoms with Crippen LogP contribution in [-0.4, -0.2) is 59.1 Å². The van der Waals surface area contributed by atoms with Gasteiger partial charge in [-0.25, -0.2) is 13.2 Å². The smallest absolute Gasteiger partial charge is 0.256 e. The molecule has 2 aromatic rings. The number of likely N-dealkylation sites (N-methyl/N-ethyl adjacent to an activating group) is 1. The van der Waals surface area contributed by atoms with Crippen molar-refractivity contribution in [2.24, 2.45) is 0 Å². The van der Waals surface area contributed by atoms with Gasteiger partial charge < -0.3 is 20.2 Å². The van der Waals surface area contributed by atoms with Gasteiger partial charge in [-0.1, -0.05) is 13.0 Å². The number of nitrogens with one attached hydrogen (secondary N) is 1. The van der Waals surface area contributed by atoms with E-state index in [-0.39, 0.29) is 30.4 Å². The third kappa shape index (κ3) is 3.90. The Hall–Kier alpha value is -2.58. The second-order valence-electron chi connectivity index (χ2n) is 8.48. The van der Waals surface area contributed by atoms with Crippen molar-refractivity contribution in [2.75, 3.05) is 32.0 Å². The van der Waals surface area contributed by atoms with Crippen molar-refractivity contribution < 1.29 is 23.1 Å². The number of likely N-dealkylation sites (tertiary alicyclic amines) is 2. The molecule has 8 heteroatoms. The highest BCUT2D eigenvalue weighted by Gasteiger charge is 2.52. The topological polar surface area (TPSA) is 55.8 Å². The van der Waals surface area contributed by atoms with Gasteiger partial charge in [-0.05, 0) is 62.7 Å². The number of carbonyl (C=O) groups excluding carboxylic acids is 1. The minimum atomic E-state index is -1.25. The van der Waals surface area contributed by atoms with Crippen molar-refractivity contribution in [1.29, 1.82) is 0 Å². The number of benzene rings is 2. The van der Waals surface area contributed by atoms with Gasteiger partial charge >= 0.3 is 0 Å². The van der Waals surface area contributed by atoms with E-state index in [1.807, 2.05) is 14.0 Å². The normalized spacial score (nSPS) is 20.6. The summed E-state index contributed by atoms with van der Waals surface area (Å²) in [6, 6.07) is 6.45. The standard InChI is InChI=1S/C23H26F3N3O2/c1-3-14-6-9-18(17(25)11-14)27-21-15(7-8-16(24)20(21)26)22(30)29-12-23(31,13-29)19-5-4-10-28(19)2/h6-9,11,19,27,31H,3-5,10,12-13H2,1-2H3. The highest BCUT2D eigenvalue weighted by atomic mass is 19.2. The molecule has 2 aliphatic heterocycles. The zero-order valence-electron chi connectivity index (χ0n) is 17.6. The molecule has 2 heterocycles. The van der Waals surface area contributed by atoms with E-state index in [0.29, 0.717) is 6.42 Å². The lowest BCUT2D eigenvalue weighted by molar-refractivity contribution is -0.120. The van der Waals surface area contributed by atoms with Crippen LogP contribution in [0.2, 0.25) is 0 Å². The minimum Gasteiger partial charge on any atom is -0.385 e. The Morgan fingerprint density at radius 2 is 1.94 bits per heavy atom. The maximum atomic E-state index is 14.6. The van der Waals surface area contributed by atoms with Gasteiger partial charge in [0, 0.05) is 6.04 Å². The summed E-state index contributed by atoms with van der Waals surface area (Å²) in [6.07, 6.45) is 2.46. The van der Waals surface area contributed by atoms with Crippen LogP contribution in [0.5, 0.6) is 0 Å². The fraction of sp³-hybridized carbons (Fsp3) is 0.435. The molecule has 0 bridgehead atoms. The lowest BCUT2D eigenvalue weighted by Crippen LogP contribution is -2.70. The summed E-state index contributed by atoms with van der Waals surface area (Å²) in [5, 5.41) is 13.5. The summed E-state index contributed by atoms with van der Waals surface area (Å²) in [6.45, 7) is 2.99. The van der Waals surface area contributed by atoms with Gasteiger partial charge in [0.05, 0.1) is 30.0 Å². The Morgan fingerprint density at radius 3 is 2.55 bits per heavy atom. The SMILES string of the molecule is CCc1ccc(Nc2c(C(=O)N3CC(O)(C4CCCN4C)C3)ccc(F)c2F)c(F)c1. The van der Waals surface area contributed by atoms with E-state index >= 15 is 0 Å². The van der Waals surface area contributed by atoms with Crippen LogP contribution in [0.25, 0.3) is 0 Å². The lowest BCUT2D eigenvalue weighted by atomic mass is 9.84. The summed E-state index contributed by atoms with van der Waals surface area (Å²) in [7, 11) is 1.94. The third-order valence-electron chi connectivity index (χ3n) is 6.38. The summed E-state index contributed by atoms with van der Waals surface area (Å²) >= 11 is 0. The van der Waals surface area contributed by atoms with Crippen LogP contribution in [0.4, 0.5) is 24.5 Å². The van der Waals surface area contributed by atoms with Crippen molar-refractivity contribution in [1.82, 2.24) is 9.80 Å². The van der Waals surface area contributed by atoms with Gasteiger partial charge in [0.1, 0.15) is 11.4 Å². The van der Waals surface area contributed by atoms with Gasteiger partial charge in [0.15, 0.2) is 11.6 Å². The van der Waals surface area contributed by atoms with Gasteiger partial charge in [-0.15, -0.1) is 0 Å². The van der Waals surface area contributed by atoms with E-state index in [1.165, 1.54) is 23.1 Å². The molecule has 1 unspecified atom stereocenters. The molecule has 0 saturated carbocycles. The van der Waals surface area contributed by atoms with E-state index in [1.54, 1.807) is 6.07 Å². The molecule has 2 N–H and O–H groups in total. The number of aryl methyl sites for hydroxylation is 1. The number of nitrogens with zero attached hydrogens (tertiary/aromatic N) is 2. The monoisotopic (exact) mass is 433 g/mol. The molecular formula is C23H26F3N3O2. The van der Waals surface area contributed by atoms with Crippen LogP contribution >= 0.6 is 0 Å². The van der Waals surface area contributed by atoms with Crippen molar-refractivity contribution in [3.8, 4) is 0 Å². The fourth-order valence-electron chi connectivity index (χ4n) is 4.59. The Labute approximate surface area is 179 Å². The average Bonchev–Trinajstić information content (AvgIpc) is 3.16. The lowest BCUT2D eigenvalue weighted by Gasteiger charge is -2.51. The number of rotatable bonds is 5. The first kappa shape index (κ1) is 21.6. The minimum absolute atomic E-state index is 0.0368. The number of amides is 1. The molecule has 4 rings (SSSR count). The molecular weight excluding hydrogens is 407 g/mol. The zero-order chi connectivity index (χ0) is 22.3. The average molecular weight is 433 g/mol. The molecule has 1 atom stereocenters. The van der Waals surface area contributed by atoms with Crippen LogP contribution in [0.3, 0.4) is 0 Å². The first-order chi connectivity index (χ1) is 14.7. The second kappa shape index (κ2) is 8.16. The van der Waals surface area contributed by atoms with E-state index in [0.717, 1.165) is 31.0 Å². The maximum absolute atomic E-state index is 14.6. The largest absolute Gasteiger partial charge is 0.385 e. The third-order valence-corrected chi connectivity index (χ3v) is 6.38. The van der Waals surface area contributed by atoms with Crippen LogP contribution in [0.15, 0.2) is 30.3 Å². The van der Waals surface area contributed by atoms with Crippen molar-refractivity contribution in [2.45, 2.75) is 37.8 Å². The highest BCUT2D eigenvalue weighted by molar-refractivity contribution is 6.01. The van der Waals surface area contributed by atoms with Crippen molar-refractivity contribution in [3.05, 3.63) is 58.9 Å². The summed E-state index contributed by atoms with van der Waals surface area (Å²) < 4.78 is 43.0. The molecule has 2 aliphatic rings. The van der Waals surface area contributed by atoms with Crippen LogP contribution in [-0.2, 0) is 6.42 Å². The van der Waals surface area contributed by atoms with Gasteiger partial charge in [0.25, 0.3) is 5.91 Å². The zero-order valence-corrected chi connectivity index (χ0v) is 17.6. The van der Waals surface area contributed by atoms with Gasteiger partial charge in [-0.2, -0.15) is 0 Å². The molecule has 2 fully saturated rings. The molecule has 0 aliphatic carbocycles. The van der Waals surface area contributed by atoms with Crippen molar-refractivity contribution >= 4 is 17.3 Å². The number of β-amino-alcohol motifs (C(OH)–C–C–N with tert-alkyl or cyclic N) is 1. The van der Waals surface area contributed by atoms with E-state index in [4.69, 9.17) is 0 Å². The predicted molar refractivity (Wildman–Crippen MR) is 112 cm³/mol. The van der Waals surface area contributed by atoms with Crippen LogP contribution in [0, 0.1) is 17.5 Å². The quantitative estimate of drug-likeness (QED) is 0.755. The number of carbonyl (C=O) groups is 1. The number of halogens is 3. The Bertz CT molecular complexity index is 1010. The molecule has 2 saturated heterocycles. The van der Waals surface area contributed by atoms with E-state index in [9.17, 15) is 23.1 Å². The van der Waals surface area contributed by atoms with E-state index < -0.39 is 34.6 Å². The molecule has 5 nitrogen and oxygen atoms in total. The summed E-state index contributed by atoms with van der Waals surface area (Å²) in [5.41, 5.74) is -0.838. The first-order valence-corrected chi connectivity index (χ1v) is 10.5. The Kier molecular flexibility index (Phi) is 5.70. The molecule has 166 valence electrons. The number of hydrogen-bond acceptors (Lipinski definition) is 4. The first-order valence-electron chi connectivity index (χ1n) is 10.5. The number of aliphatic hydroxyl groups is 1. The number of hydrogen-bond donors (Lipinski definition) is 2. The van der Waals surface area contributed by atoms with Crippen LogP contribution < -0.4 is 5.32 Å². The van der Waals surface area contributed by atoms with Crippen molar-refractivity contribution in [3.63, 3.8) is 0 Å². The maximum Gasteiger partial charge on any atom is 0.256 e. The predicted octanol–water partition coefficient (Wildman–Crippen LogP) is 3.69. The Balaban J connectivity index is 1.58. The molecule has 2 aromatic carbocycles. The van der Waals surface area contributed by atoms with Crippen LogP contribution in [0.1, 0.15) is 35.7 Å². The van der Waals surface area contributed by atoms with Gasteiger partial charge in [0.2, 0.25) is 0 Å². The molecule has 0 spiro atoms. The summed E-state index contributed by atoms with van der Waals surface area (Å²) in [5.74, 6) is -3.56.